The average molecular weight is 559 g/mol. The van der Waals surface area contributed by atoms with E-state index in [1.54, 1.807) is 36.4 Å². The van der Waals surface area contributed by atoms with Gasteiger partial charge in [0, 0.05) is 15.7 Å². The molecular weight excluding hydrogens is 541 g/mol. The van der Waals surface area contributed by atoms with Crippen LogP contribution in [0.5, 0.6) is 11.5 Å². The fraction of sp³-hybridized carbons (Fsp3) is 0.0870. The lowest BCUT2D eigenvalue weighted by atomic mass is 10.2. The summed E-state index contributed by atoms with van der Waals surface area (Å²) in [7, 11) is 0. The number of carbonyl (C=O) groups excluding carboxylic acids is 2. The molecule has 3 aromatic rings. The summed E-state index contributed by atoms with van der Waals surface area (Å²) in [5.74, 6) is -0.239. The van der Waals surface area contributed by atoms with E-state index in [0.717, 1.165) is 3.57 Å². The van der Waals surface area contributed by atoms with E-state index in [1.807, 2.05) is 12.1 Å². The molecule has 3 rings (SSSR count). The van der Waals surface area contributed by atoms with Crippen molar-refractivity contribution in [1.29, 1.82) is 0 Å². The second-order valence-electron chi connectivity index (χ2n) is 6.68. The van der Waals surface area contributed by atoms with Crippen molar-refractivity contribution in [3.8, 4) is 11.5 Å². The van der Waals surface area contributed by atoms with E-state index in [2.05, 4.69) is 33.1 Å². The number of nitrogens with zero attached hydrogens (tertiary/aromatic N) is 2. The number of esters is 1. The third-order valence-electron chi connectivity index (χ3n) is 4.30. The highest BCUT2D eigenvalue weighted by Crippen LogP contribution is 2.19. The molecule has 1 atom stereocenters. The Labute approximate surface area is 202 Å². The van der Waals surface area contributed by atoms with Crippen LogP contribution in [-0.4, -0.2) is 29.1 Å². The van der Waals surface area contributed by atoms with Gasteiger partial charge in [0.1, 0.15) is 11.5 Å². The van der Waals surface area contributed by atoms with Crippen LogP contribution in [0.2, 0.25) is 0 Å². The fourth-order valence-electron chi connectivity index (χ4n) is 2.58. The van der Waals surface area contributed by atoms with Gasteiger partial charge >= 0.3 is 5.97 Å². The molecule has 168 valence electrons. The summed E-state index contributed by atoms with van der Waals surface area (Å²) in [6, 6.07) is 19.2. The van der Waals surface area contributed by atoms with E-state index < -0.39 is 22.9 Å². The Bertz CT molecular complexity index is 1180. The first-order valence-electron chi connectivity index (χ1n) is 9.64. The molecule has 1 amide bonds. The minimum atomic E-state index is -0.869. The summed E-state index contributed by atoms with van der Waals surface area (Å²) in [6.45, 7) is 1.53. The molecule has 0 bridgehead atoms. The van der Waals surface area contributed by atoms with Gasteiger partial charge in [-0.1, -0.05) is 12.1 Å². The second-order valence-corrected chi connectivity index (χ2v) is 7.85. The number of amides is 1. The number of nitro groups is 1. The minimum Gasteiger partial charge on any atom is -0.481 e. The van der Waals surface area contributed by atoms with Crippen molar-refractivity contribution < 1.29 is 24.0 Å². The Kier molecular flexibility index (Phi) is 8.08. The van der Waals surface area contributed by atoms with Crippen molar-refractivity contribution in [2.45, 2.75) is 13.0 Å². The summed E-state index contributed by atoms with van der Waals surface area (Å²) >= 11 is 2.07. The maximum absolute atomic E-state index is 12.3. The third-order valence-corrected chi connectivity index (χ3v) is 5.24. The van der Waals surface area contributed by atoms with Gasteiger partial charge in [0.2, 0.25) is 0 Å². The Morgan fingerprint density at radius 1 is 1.03 bits per heavy atom. The van der Waals surface area contributed by atoms with Gasteiger partial charge in [-0.05, 0) is 83.6 Å². The van der Waals surface area contributed by atoms with Crippen molar-refractivity contribution in [2.24, 2.45) is 5.10 Å². The van der Waals surface area contributed by atoms with Crippen molar-refractivity contribution in [3.05, 3.63) is 97.6 Å². The van der Waals surface area contributed by atoms with Crippen LogP contribution in [0.25, 0.3) is 0 Å². The topological polar surface area (TPSA) is 120 Å². The van der Waals surface area contributed by atoms with Crippen molar-refractivity contribution in [3.63, 3.8) is 0 Å². The largest absolute Gasteiger partial charge is 0.481 e. The molecule has 0 aliphatic heterocycles. The molecule has 0 saturated heterocycles. The number of hydrogen-bond acceptors (Lipinski definition) is 7. The lowest BCUT2D eigenvalue weighted by Gasteiger charge is -2.12. The van der Waals surface area contributed by atoms with Gasteiger partial charge < -0.3 is 9.47 Å². The van der Waals surface area contributed by atoms with Gasteiger partial charge in [-0.2, -0.15) is 5.10 Å². The molecule has 0 spiro atoms. The molecule has 0 aliphatic rings. The normalized spacial score (nSPS) is 11.6. The van der Waals surface area contributed by atoms with Gasteiger partial charge in [-0.15, -0.1) is 0 Å². The van der Waals surface area contributed by atoms with Crippen LogP contribution >= 0.6 is 22.6 Å². The van der Waals surface area contributed by atoms with Crippen molar-refractivity contribution in [1.82, 2.24) is 5.43 Å². The summed E-state index contributed by atoms with van der Waals surface area (Å²) in [4.78, 5) is 34.6. The first-order valence-corrected chi connectivity index (χ1v) is 10.7. The number of non-ortho nitro benzene ring substituents is 1. The average Bonchev–Trinajstić information content (AvgIpc) is 2.80. The first kappa shape index (κ1) is 23.9. The molecule has 1 N–H and O–H groups in total. The van der Waals surface area contributed by atoms with Gasteiger partial charge in [-0.25, -0.2) is 10.2 Å². The first-order chi connectivity index (χ1) is 15.8. The molecule has 33 heavy (non-hydrogen) atoms. The molecule has 1 unspecified atom stereocenters. The predicted molar refractivity (Wildman–Crippen MR) is 129 cm³/mol. The Morgan fingerprint density at radius 3 is 2.30 bits per heavy atom. The molecule has 0 aliphatic carbocycles. The number of benzene rings is 3. The molecule has 0 fully saturated rings. The third kappa shape index (κ3) is 6.84. The number of halogens is 1. The second kappa shape index (κ2) is 11.2. The molecule has 0 aromatic heterocycles. The predicted octanol–water partition coefficient (Wildman–Crippen LogP) is 4.34. The molecule has 10 heteroatoms. The van der Waals surface area contributed by atoms with E-state index in [1.165, 1.54) is 37.4 Å². The zero-order valence-electron chi connectivity index (χ0n) is 17.3. The Balaban J connectivity index is 1.50. The highest BCUT2D eigenvalue weighted by Gasteiger charge is 2.15. The van der Waals surface area contributed by atoms with Crippen molar-refractivity contribution >= 4 is 46.4 Å². The minimum absolute atomic E-state index is 0.0698. The van der Waals surface area contributed by atoms with Gasteiger partial charge in [0.05, 0.1) is 16.7 Å². The summed E-state index contributed by atoms with van der Waals surface area (Å²) in [6.07, 6.45) is 0.563. The molecule has 3 aromatic carbocycles. The van der Waals surface area contributed by atoms with Crippen LogP contribution < -0.4 is 14.9 Å². The summed E-state index contributed by atoms with van der Waals surface area (Å²) in [5, 5.41) is 14.6. The monoisotopic (exact) mass is 559 g/mol. The number of nitro benzene ring substituents is 1. The molecular formula is C23H18IN3O6. The maximum Gasteiger partial charge on any atom is 0.344 e. The lowest BCUT2D eigenvalue weighted by Crippen LogP contribution is -2.33. The summed E-state index contributed by atoms with van der Waals surface area (Å²) < 4.78 is 11.6. The quantitative estimate of drug-likeness (QED) is 0.110. The van der Waals surface area contributed by atoms with E-state index in [-0.39, 0.29) is 5.69 Å². The highest BCUT2D eigenvalue weighted by molar-refractivity contribution is 14.1. The number of ether oxygens (including phenoxy) is 2. The van der Waals surface area contributed by atoms with Crippen molar-refractivity contribution in [2.75, 3.05) is 0 Å². The molecule has 0 saturated carbocycles. The van der Waals surface area contributed by atoms with Gasteiger partial charge in [0.15, 0.2) is 6.10 Å². The van der Waals surface area contributed by atoms with Crippen LogP contribution in [0.3, 0.4) is 0 Å². The standard InChI is InChI=1S/C23H18IN3O6/c1-15(32-18-12-8-17(9-13-18)27(30)31)22(28)26-25-14-16-6-10-19(11-7-16)33-23(29)20-4-2-3-5-21(20)24/h2-15H,1H3,(H,26,28). The van der Waals surface area contributed by atoms with Crippen LogP contribution in [0, 0.1) is 13.7 Å². The van der Waals surface area contributed by atoms with Crippen LogP contribution in [0.4, 0.5) is 5.69 Å². The maximum atomic E-state index is 12.3. The Morgan fingerprint density at radius 2 is 1.67 bits per heavy atom. The van der Waals surface area contributed by atoms with Crippen LogP contribution in [0.1, 0.15) is 22.8 Å². The Hall–Kier alpha value is -3.80. The summed E-state index contributed by atoms with van der Waals surface area (Å²) in [5.41, 5.74) is 3.45. The SMILES string of the molecule is CC(Oc1ccc([N+](=O)[O-])cc1)C(=O)NN=Cc1ccc(OC(=O)c2ccccc2I)cc1. The number of rotatable bonds is 8. The number of carbonyl (C=O) groups is 2. The smallest absolute Gasteiger partial charge is 0.344 e. The van der Waals surface area contributed by atoms with E-state index >= 15 is 0 Å². The molecule has 9 nitrogen and oxygen atoms in total. The molecule has 0 radical (unpaired) electrons. The number of nitrogens with one attached hydrogen (secondary N) is 1. The lowest BCUT2D eigenvalue weighted by molar-refractivity contribution is -0.384. The number of hydrazone groups is 1. The highest BCUT2D eigenvalue weighted by atomic mass is 127. The fourth-order valence-corrected chi connectivity index (χ4v) is 3.18. The van der Waals surface area contributed by atoms with Crippen LogP contribution in [-0.2, 0) is 4.79 Å². The number of hydrogen-bond donors (Lipinski definition) is 1. The molecule has 0 heterocycles. The van der Waals surface area contributed by atoms with E-state index in [9.17, 15) is 19.7 Å². The zero-order chi connectivity index (χ0) is 23.8. The van der Waals surface area contributed by atoms with E-state index in [4.69, 9.17) is 9.47 Å². The van der Waals surface area contributed by atoms with Crippen LogP contribution in [0.15, 0.2) is 77.9 Å². The van der Waals surface area contributed by atoms with Gasteiger partial charge in [-0.3, -0.25) is 14.9 Å². The van der Waals surface area contributed by atoms with Gasteiger partial charge in [0.25, 0.3) is 11.6 Å². The van der Waals surface area contributed by atoms with E-state index in [0.29, 0.717) is 22.6 Å². The zero-order valence-corrected chi connectivity index (χ0v) is 19.5.